The van der Waals surface area contributed by atoms with Crippen LogP contribution >= 0.6 is 23.1 Å². The molecule has 2 N–H and O–H groups in total. The molecule has 0 fully saturated rings. The fraction of sp³-hybridized carbons (Fsp3) is 0.300. The Bertz CT molecular complexity index is 1030. The first-order valence-corrected chi connectivity index (χ1v) is 10.7. The summed E-state index contributed by atoms with van der Waals surface area (Å²) in [6, 6.07) is 7.02. The van der Waals surface area contributed by atoms with E-state index in [2.05, 4.69) is 27.5 Å². The van der Waals surface area contributed by atoms with E-state index < -0.39 is 0 Å². The van der Waals surface area contributed by atoms with E-state index >= 15 is 0 Å². The largest absolute Gasteiger partial charge is 0.350 e. The maximum atomic E-state index is 12.5. The fourth-order valence-corrected chi connectivity index (χ4v) is 4.63. The maximum absolute atomic E-state index is 12.5. The highest BCUT2D eigenvalue weighted by Crippen LogP contribution is 2.34. The molecule has 2 heterocycles. The van der Waals surface area contributed by atoms with Crippen molar-refractivity contribution in [1.29, 1.82) is 0 Å². The minimum absolute atomic E-state index is 0.0179. The number of benzene rings is 1. The summed E-state index contributed by atoms with van der Waals surface area (Å²) in [7, 11) is 0. The van der Waals surface area contributed by atoms with Crippen LogP contribution in [0.4, 0.5) is 5.69 Å². The van der Waals surface area contributed by atoms with E-state index in [0.717, 1.165) is 20.8 Å². The van der Waals surface area contributed by atoms with Crippen molar-refractivity contribution in [2.45, 2.75) is 38.8 Å². The number of aromatic nitrogens is 2. The van der Waals surface area contributed by atoms with Crippen LogP contribution in [0.3, 0.4) is 0 Å². The van der Waals surface area contributed by atoms with Gasteiger partial charge in [0.15, 0.2) is 0 Å². The van der Waals surface area contributed by atoms with Gasteiger partial charge in [-0.2, -0.15) is 0 Å². The molecule has 0 atom stereocenters. The van der Waals surface area contributed by atoms with Crippen molar-refractivity contribution in [1.82, 2.24) is 15.3 Å². The first kappa shape index (κ1) is 20.3. The number of hydrogen-bond donors (Lipinski definition) is 2. The number of amides is 2. The number of thiophene rings is 1. The lowest BCUT2D eigenvalue weighted by Gasteiger charge is -2.13. The van der Waals surface area contributed by atoms with E-state index in [4.69, 9.17) is 0 Å². The standard InChI is InChI=1S/C20H22N4O2S2/c1-11(2)23-18(26)14-7-5-6-8-15(14)24-16(25)9-27-19-17-12(3)13(4)28-20(17)22-10-21-19/h5-8,10-11H,9H2,1-4H3,(H,23,26)(H,24,25). The molecule has 146 valence electrons. The third-order valence-electron chi connectivity index (χ3n) is 4.14. The molecular formula is C20H22N4O2S2. The molecule has 0 unspecified atom stereocenters. The topological polar surface area (TPSA) is 84.0 Å². The zero-order valence-electron chi connectivity index (χ0n) is 16.2. The van der Waals surface area contributed by atoms with Crippen molar-refractivity contribution in [2.24, 2.45) is 0 Å². The lowest BCUT2D eigenvalue weighted by molar-refractivity contribution is -0.113. The normalized spacial score (nSPS) is 11.0. The summed E-state index contributed by atoms with van der Waals surface area (Å²) in [4.78, 5) is 35.7. The second kappa shape index (κ2) is 8.70. The van der Waals surface area contributed by atoms with E-state index in [1.165, 1.54) is 23.0 Å². The number of hydrogen-bond acceptors (Lipinski definition) is 6. The molecule has 6 nitrogen and oxygen atoms in total. The Morgan fingerprint density at radius 1 is 1.18 bits per heavy atom. The smallest absolute Gasteiger partial charge is 0.253 e. The van der Waals surface area contributed by atoms with Crippen LogP contribution in [-0.2, 0) is 4.79 Å². The van der Waals surface area contributed by atoms with Gasteiger partial charge in [0.2, 0.25) is 5.91 Å². The Balaban J connectivity index is 1.72. The van der Waals surface area contributed by atoms with Crippen molar-refractivity contribution < 1.29 is 9.59 Å². The highest BCUT2D eigenvalue weighted by Gasteiger charge is 2.16. The Kier molecular flexibility index (Phi) is 6.31. The maximum Gasteiger partial charge on any atom is 0.253 e. The molecule has 0 aliphatic heterocycles. The number of carbonyl (C=O) groups excluding carboxylic acids is 2. The number of anilines is 1. The molecule has 0 spiro atoms. The predicted molar refractivity (Wildman–Crippen MR) is 115 cm³/mol. The molecule has 8 heteroatoms. The first-order chi connectivity index (χ1) is 13.4. The van der Waals surface area contributed by atoms with Gasteiger partial charge in [0.1, 0.15) is 16.2 Å². The third kappa shape index (κ3) is 4.51. The summed E-state index contributed by atoms with van der Waals surface area (Å²) in [5.41, 5.74) is 2.10. The SMILES string of the molecule is Cc1sc2ncnc(SCC(=O)Nc3ccccc3C(=O)NC(C)C)c2c1C. The molecule has 3 aromatic rings. The molecule has 2 amide bonds. The molecule has 0 aliphatic carbocycles. The Hall–Kier alpha value is -2.45. The van der Waals surface area contributed by atoms with Crippen LogP contribution < -0.4 is 10.6 Å². The fourth-order valence-electron chi connectivity index (χ4n) is 2.71. The minimum Gasteiger partial charge on any atom is -0.350 e. The Morgan fingerprint density at radius 2 is 1.93 bits per heavy atom. The van der Waals surface area contributed by atoms with Gasteiger partial charge in [0.25, 0.3) is 5.91 Å². The van der Waals surface area contributed by atoms with Crippen molar-refractivity contribution in [3.8, 4) is 0 Å². The van der Waals surface area contributed by atoms with Gasteiger partial charge in [-0.05, 0) is 45.4 Å². The van der Waals surface area contributed by atoms with Crippen molar-refractivity contribution in [3.63, 3.8) is 0 Å². The number of thioether (sulfide) groups is 1. The first-order valence-electron chi connectivity index (χ1n) is 8.90. The predicted octanol–water partition coefficient (Wildman–Crippen LogP) is 4.18. The Morgan fingerprint density at radius 3 is 2.68 bits per heavy atom. The van der Waals surface area contributed by atoms with Gasteiger partial charge in [-0.25, -0.2) is 9.97 Å². The van der Waals surface area contributed by atoms with Crippen LogP contribution in [0.25, 0.3) is 10.2 Å². The van der Waals surface area contributed by atoms with Gasteiger partial charge in [-0.1, -0.05) is 23.9 Å². The molecule has 0 aliphatic rings. The monoisotopic (exact) mass is 414 g/mol. The number of carbonyl (C=O) groups is 2. The second-order valence-electron chi connectivity index (χ2n) is 6.65. The lowest BCUT2D eigenvalue weighted by Crippen LogP contribution is -2.31. The molecular weight excluding hydrogens is 392 g/mol. The summed E-state index contributed by atoms with van der Waals surface area (Å²) in [5, 5.41) is 7.50. The van der Waals surface area contributed by atoms with Crippen LogP contribution in [0.15, 0.2) is 35.6 Å². The van der Waals surface area contributed by atoms with E-state index in [9.17, 15) is 9.59 Å². The zero-order chi connectivity index (χ0) is 20.3. The molecule has 3 rings (SSSR count). The van der Waals surface area contributed by atoms with E-state index in [1.807, 2.05) is 20.8 Å². The van der Waals surface area contributed by atoms with Gasteiger partial charge in [0.05, 0.1) is 17.0 Å². The number of nitrogens with one attached hydrogen (secondary N) is 2. The number of nitrogens with zero attached hydrogens (tertiary/aromatic N) is 2. The second-order valence-corrected chi connectivity index (χ2v) is 8.82. The van der Waals surface area contributed by atoms with E-state index in [-0.39, 0.29) is 23.6 Å². The molecule has 2 aromatic heterocycles. The molecule has 0 saturated heterocycles. The molecule has 1 aromatic carbocycles. The van der Waals surface area contributed by atoms with Crippen molar-refractivity contribution in [2.75, 3.05) is 11.1 Å². The number of aryl methyl sites for hydroxylation is 2. The van der Waals surface area contributed by atoms with Crippen LogP contribution in [0, 0.1) is 13.8 Å². The van der Waals surface area contributed by atoms with Gasteiger partial charge in [-0.15, -0.1) is 11.3 Å². The van der Waals surface area contributed by atoms with Crippen LogP contribution in [0.5, 0.6) is 0 Å². The van der Waals surface area contributed by atoms with Gasteiger partial charge in [0, 0.05) is 16.3 Å². The van der Waals surface area contributed by atoms with E-state index in [1.54, 1.807) is 35.6 Å². The minimum atomic E-state index is -0.208. The van der Waals surface area contributed by atoms with Gasteiger partial charge >= 0.3 is 0 Å². The zero-order valence-corrected chi connectivity index (χ0v) is 17.8. The summed E-state index contributed by atoms with van der Waals surface area (Å²) < 4.78 is 0. The average Bonchev–Trinajstić information content (AvgIpc) is 2.94. The number of para-hydroxylation sites is 1. The van der Waals surface area contributed by atoms with Crippen molar-refractivity contribution in [3.05, 3.63) is 46.6 Å². The molecule has 0 radical (unpaired) electrons. The average molecular weight is 415 g/mol. The molecule has 0 bridgehead atoms. The highest BCUT2D eigenvalue weighted by atomic mass is 32.2. The molecule has 0 saturated carbocycles. The quantitative estimate of drug-likeness (QED) is 0.467. The van der Waals surface area contributed by atoms with Crippen LogP contribution in [0.2, 0.25) is 0 Å². The molecule has 28 heavy (non-hydrogen) atoms. The van der Waals surface area contributed by atoms with E-state index in [0.29, 0.717) is 11.3 Å². The van der Waals surface area contributed by atoms with Gasteiger partial charge in [-0.3, -0.25) is 9.59 Å². The van der Waals surface area contributed by atoms with Crippen molar-refractivity contribution >= 4 is 50.8 Å². The highest BCUT2D eigenvalue weighted by molar-refractivity contribution is 8.00. The third-order valence-corrected chi connectivity index (χ3v) is 6.24. The number of rotatable bonds is 6. The van der Waals surface area contributed by atoms with Gasteiger partial charge < -0.3 is 10.6 Å². The van der Waals surface area contributed by atoms with Crippen LogP contribution in [0.1, 0.15) is 34.6 Å². The summed E-state index contributed by atoms with van der Waals surface area (Å²) >= 11 is 3.00. The van der Waals surface area contributed by atoms with Crippen LogP contribution in [-0.4, -0.2) is 33.6 Å². The summed E-state index contributed by atoms with van der Waals surface area (Å²) in [5.74, 6) is -0.202. The Labute approximate surface area is 172 Å². The summed E-state index contributed by atoms with van der Waals surface area (Å²) in [6.07, 6.45) is 1.53. The lowest BCUT2D eigenvalue weighted by atomic mass is 10.1. The number of fused-ring (bicyclic) bond motifs is 1. The summed E-state index contributed by atoms with van der Waals surface area (Å²) in [6.45, 7) is 7.89.